The number of thiophene rings is 1. The van der Waals surface area contributed by atoms with Crippen molar-refractivity contribution in [3.63, 3.8) is 0 Å². The first-order chi connectivity index (χ1) is 9.08. The summed E-state index contributed by atoms with van der Waals surface area (Å²) >= 11 is 1.48. The molecule has 0 saturated carbocycles. The molecule has 0 radical (unpaired) electrons. The highest BCUT2D eigenvalue weighted by atomic mass is 32.1. The summed E-state index contributed by atoms with van der Waals surface area (Å²) in [5, 5.41) is 18.9. The Hall–Kier alpha value is -1.66. The van der Waals surface area contributed by atoms with Crippen molar-refractivity contribution < 1.29 is 9.90 Å². The van der Waals surface area contributed by atoms with Crippen molar-refractivity contribution in [2.75, 3.05) is 6.54 Å². The summed E-state index contributed by atoms with van der Waals surface area (Å²) in [4.78, 5) is 12.5. The van der Waals surface area contributed by atoms with Crippen LogP contribution in [0.4, 0.5) is 0 Å². The van der Waals surface area contributed by atoms with Gasteiger partial charge in [-0.05, 0) is 24.4 Å². The van der Waals surface area contributed by atoms with Gasteiger partial charge in [-0.2, -0.15) is 5.10 Å². The molecule has 1 amide bonds. The molecule has 1 unspecified atom stereocenters. The van der Waals surface area contributed by atoms with Gasteiger partial charge >= 0.3 is 0 Å². The molecule has 102 valence electrons. The van der Waals surface area contributed by atoms with Crippen LogP contribution in [0.5, 0.6) is 0 Å². The van der Waals surface area contributed by atoms with Gasteiger partial charge in [-0.25, -0.2) is 0 Å². The Balaban J connectivity index is 1.77. The van der Waals surface area contributed by atoms with Gasteiger partial charge in [0.1, 0.15) is 5.60 Å². The van der Waals surface area contributed by atoms with Crippen molar-refractivity contribution in [1.82, 2.24) is 15.1 Å². The lowest BCUT2D eigenvalue weighted by Gasteiger charge is -2.22. The first kappa shape index (κ1) is 13.8. The summed E-state index contributed by atoms with van der Waals surface area (Å²) in [6.45, 7) is 2.46. The summed E-state index contributed by atoms with van der Waals surface area (Å²) in [6.07, 6.45) is 3.84. The maximum atomic E-state index is 11.7. The van der Waals surface area contributed by atoms with E-state index in [0.29, 0.717) is 13.0 Å². The minimum atomic E-state index is -1.02. The number of amides is 1. The topological polar surface area (TPSA) is 67.2 Å². The molecule has 5 nitrogen and oxygen atoms in total. The van der Waals surface area contributed by atoms with E-state index in [9.17, 15) is 9.90 Å². The average molecular weight is 279 g/mol. The van der Waals surface area contributed by atoms with E-state index in [1.807, 2.05) is 29.8 Å². The van der Waals surface area contributed by atoms with E-state index in [1.54, 1.807) is 17.8 Å². The van der Waals surface area contributed by atoms with Gasteiger partial charge in [0.25, 0.3) is 0 Å². The van der Waals surface area contributed by atoms with Crippen molar-refractivity contribution >= 4 is 17.2 Å². The predicted molar refractivity (Wildman–Crippen MR) is 73.7 cm³/mol. The second-order valence-corrected chi connectivity index (χ2v) is 5.49. The first-order valence-corrected chi connectivity index (χ1v) is 6.96. The van der Waals surface area contributed by atoms with E-state index in [4.69, 9.17) is 0 Å². The molecule has 0 aliphatic carbocycles. The van der Waals surface area contributed by atoms with Crippen LogP contribution in [-0.2, 0) is 16.9 Å². The smallest absolute Gasteiger partial charge is 0.221 e. The van der Waals surface area contributed by atoms with Gasteiger partial charge in [-0.15, -0.1) is 11.3 Å². The standard InChI is InChI=1S/C13H17N3O2S/c1-13(18,11-4-2-9-19-11)10-14-12(17)5-8-16-7-3-6-15-16/h2-4,6-7,9,18H,5,8,10H2,1H3,(H,14,17). The number of nitrogens with one attached hydrogen (secondary N) is 1. The van der Waals surface area contributed by atoms with Crippen molar-refractivity contribution in [3.8, 4) is 0 Å². The van der Waals surface area contributed by atoms with Crippen molar-refractivity contribution in [2.45, 2.75) is 25.5 Å². The third-order valence-corrected chi connectivity index (χ3v) is 3.93. The Morgan fingerprint density at radius 1 is 1.58 bits per heavy atom. The Morgan fingerprint density at radius 3 is 3.05 bits per heavy atom. The lowest BCUT2D eigenvalue weighted by molar-refractivity contribution is -0.122. The van der Waals surface area contributed by atoms with E-state index >= 15 is 0 Å². The highest BCUT2D eigenvalue weighted by Crippen LogP contribution is 2.24. The lowest BCUT2D eigenvalue weighted by Crippen LogP contribution is -2.38. The number of aliphatic hydroxyl groups is 1. The SMILES string of the molecule is CC(O)(CNC(=O)CCn1cccn1)c1cccs1. The third-order valence-electron chi connectivity index (χ3n) is 2.81. The van der Waals surface area contributed by atoms with Gasteiger partial charge in [0.15, 0.2) is 0 Å². The summed E-state index contributed by atoms with van der Waals surface area (Å²) in [5.41, 5.74) is -1.02. The van der Waals surface area contributed by atoms with E-state index in [2.05, 4.69) is 10.4 Å². The van der Waals surface area contributed by atoms with Gasteiger partial charge in [-0.1, -0.05) is 6.07 Å². The van der Waals surface area contributed by atoms with E-state index in [-0.39, 0.29) is 12.5 Å². The molecule has 0 saturated heterocycles. The molecule has 0 aliphatic heterocycles. The number of carbonyl (C=O) groups is 1. The normalized spacial score (nSPS) is 14.0. The van der Waals surface area contributed by atoms with Crippen LogP contribution in [-0.4, -0.2) is 27.3 Å². The first-order valence-electron chi connectivity index (χ1n) is 6.08. The fourth-order valence-electron chi connectivity index (χ4n) is 1.68. The Morgan fingerprint density at radius 2 is 2.42 bits per heavy atom. The van der Waals surface area contributed by atoms with E-state index < -0.39 is 5.60 Å². The molecule has 2 N–H and O–H groups in total. The second-order valence-electron chi connectivity index (χ2n) is 4.55. The Bertz CT molecular complexity index is 506. The summed E-state index contributed by atoms with van der Waals surface area (Å²) in [5.74, 6) is -0.0904. The molecule has 0 bridgehead atoms. The molecule has 2 aromatic rings. The number of hydrogen-bond donors (Lipinski definition) is 2. The fourth-order valence-corrected chi connectivity index (χ4v) is 2.47. The number of aryl methyl sites for hydroxylation is 1. The number of nitrogens with zero attached hydrogens (tertiary/aromatic N) is 2. The van der Waals surface area contributed by atoms with Gasteiger partial charge in [0, 0.05) is 30.2 Å². The van der Waals surface area contributed by atoms with Crippen molar-refractivity contribution in [1.29, 1.82) is 0 Å². The van der Waals surface area contributed by atoms with Crippen LogP contribution >= 0.6 is 11.3 Å². The van der Waals surface area contributed by atoms with E-state index in [0.717, 1.165) is 4.88 Å². The van der Waals surface area contributed by atoms with Crippen LogP contribution in [0, 0.1) is 0 Å². The van der Waals surface area contributed by atoms with Crippen molar-refractivity contribution in [3.05, 3.63) is 40.8 Å². The number of hydrogen-bond acceptors (Lipinski definition) is 4. The molecule has 2 heterocycles. The molecule has 1 atom stereocenters. The van der Waals surface area contributed by atoms with Gasteiger partial charge < -0.3 is 10.4 Å². The van der Waals surface area contributed by atoms with Gasteiger partial charge in [0.2, 0.25) is 5.91 Å². The molecule has 2 aromatic heterocycles. The monoisotopic (exact) mass is 279 g/mol. The van der Waals surface area contributed by atoms with Crippen molar-refractivity contribution in [2.24, 2.45) is 0 Å². The summed E-state index contributed by atoms with van der Waals surface area (Å²) < 4.78 is 1.71. The van der Waals surface area contributed by atoms with Crippen LogP contribution in [0.1, 0.15) is 18.2 Å². The molecule has 2 rings (SSSR count). The Kier molecular flexibility index (Phi) is 4.34. The van der Waals surface area contributed by atoms with Gasteiger partial charge in [0.05, 0.1) is 6.54 Å². The minimum Gasteiger partial charge on any atom is -0.383 e. The van der Waals surface area contributed by atoms with Crippen LogP contribution in [0.15, 0.2) is 36.0 Å². The Labute approximate surface area is 115 Å². The zero-order valence-corrected chi connectivity index (χ0v) is 11.6. The maximum absolute atomic E-state index is 11.7. The number of carbonyl (C=O) groups excluding carboxylic acids is 1. The molecule has 0 fully saturated rings. The fraction of sp³-hybridized carbons (Fsp3) is 0.385. The molecule has 6 heteroatoms. The van der Waals surface area contributed by atoms with Crippen LogP contribution in [0.25, 0.3) is 0 Å². The predicted octanol–water partition coefficient (Wildman–Crippen LogP) is 1.36. The van der Waals surface area contributed by atoms with E-state index in [1.165, 1.54) is 11.3 Å². The molecule has 0 aliphatic rings. The highest BCUT2D eigenvalue weighted by molar-refractivity contribution is 7.10. The molecule has 0 aromatic carbocycles. The minimum absolute atomic E-state index is 0.0904. The largest absolute Gasteiger partial charge is 0.383 e. The number of aromatic nitrogens is 2. The zero-order chi connectivity index (χ0) is 13.7. The second kappa shape index (κ2) is 5.99. The van der Waals surface area contributed by atoms with Crippen LogP contribution in [0.2, 0.25) is 0 Å². The molecular weight excluding hydrogens is 262 g/mol. The average Bonchev–Trinajstić information content (AvgIpc) is 3.06. The molecular formula is C13H17N3O2S. The summed E-state index contributed by atoms with van der Waals surface area (Å²) in [6, 6.07) is 5.56. The quantitative estimate of drug-likeness (QED) is 0.839. The number of rotatable bonds is 6. The van der Waals surface area contributed by atoms with Crippen LogP contribution in [0.3, 0.4) is 0 Å². The lowest BCUT2D eigenvalue weighted by atomic mass is 10.1. The van der Waals surface area contributed by atoms with Crippen LogP contribution < -0.4 is 5.32 Å². The molecule has 19 heavy (non-hydrogen) atoms. The summed E-state index contributed by atoms with van der Waals surface area (Å²) in [7, 11) is 0. The zero-order valence-electron chi connectivity index (χ0n) is 10.7. The van der Waals surface area contributed by atoms with Gasteiger partial charge in [-0.3, -0.25) is 9.48 Å². The maximum Gasteiger partial charge on any atom is 0.221 e. The molecule has 0 spiro atoms. The highest BCUT2D eigenvalue weighted by Gasteiger charge is 2.24. The third kappa shape index (κ3) is 3.90.